The van der Waals surface area contributed by atoms with Gasteiger partial charge in [-0.2, -0.15) is 0 Å². The number of carbonyl (C=O) groups is 1. The third kappa shape index (κ3) is 3.04. The number of fused-ring (bicyclic) bond motifs is 1. The molecule has 0 aliphatic heterocycles. The highest BCUT2D eigenvalue weighted by atomic mass is 19.1. The Balaban J connectivity index is 1.90. The first-order valence-corrected chi connectivity index (χ1v) is 7.07. The van der Waals surface area contributed by atoms with Crippen molar-refractivity contribution in [3.63, 3.8) is 0 Å². The second kappa shape index (κ2) is 6.28. The second-order valence-corrected chi connectivity index (χ2v) is 4.76. The predicted octanol–water partition coefficient (Wildman–Crippen LogP) is 3.11. The van der Waals surface area contributed by atoms with E-state index in [1.54, 1.807) is 6.07 Å². The van der Waals surface area contributed by atoms with E-state index < -0.39 is 5.82 Å². The van der Waals surface area contributed by atoms with Crippen LogP contribution in [-0.4, -0.2) is 20.9 Å². The quantitative estimate of drug-likeness (QED) is 0.715. The van der Waals surface area contributed by atoms with Gasteiger partial charge in [0, 0.05) is 18.3 Å². The van der Waals surface area contributed by atoms with Crippen molar-refractivity contribution < 1.29 is 9.18 Å². The van der Waals surface area contributed by atoms with Gasteiger partial charge in [-0.05, 0) is 24.3 Å². The largest absolute Gasteiger partial charge is 0.343 e. The number of aromatic nitrogens is 3. The van der Waals surface area contributed by atoms with Gasteiger partial charge in [-0.3, -0.25) is 4.79 Å². The number of benzene rings is 1. The first-order valence-electron chi connectivity index (χ1n) is 7.07. The maximum Gasteiger partial charge on any atom is 0.257 e. The molecule has 0 spiro atoms. The number of rotatable bonds is 2. The van der Waals surface area contributed by atoms with Crippen LogP contribution in [0, 0.1) is 17.7 Å². The van der Waals surface area contributed by atoms with Crippen LogP contribution in [0.25, 0.3) is 11.2 Å². The van der Waals surface area contributed by atoms with Gasteiger partial charge in [-0.25, -0.2) is 14.4 Å². The maximum atomic E-state index is 13.7. The number of aromatic amines is 1. The molecule has 0 saturated heterocycles. The van der Waals surface area contributed by atoms with E-state index in [1.165, 1.54) is 30.7 Å². The van der Waals surface area contributed by atoms with E-state index in [0.29, 0.717) is 28.8 Å². The fraction of sp³-hybridized carbons (Fsp3) is 0.118. The number of imidazole rings is 1. The topological polar surface area (TPSA) is 70.7 Å². The number of carbonyl (C=O) groups excluding carboxylic acids is 1. The maximum absolute atomic E-state index is 13.7. The Morgan fingerprint density at radius 1 is 1.35 bits per heavy atom. The van der Waals surface area contributed by atoms with Crippen LogP contribution in [0.2, 0.25) is 0 Å². The number of H-pyrrole nitrogens is 1. The molecule has 0 bridgehead atoms. The van der Waals surface area contributed by atoms with Crippen molar-refractivity contribution in [2.24, 2.45) is 0 Å². The summed E-state index contributed by atoms with van der Waals surface area (Å²) in [4.78, 5) is 23.4. The van der Waals surface area contributed by atoms with E-state index >= 15 is 0 Å². The summed E-state index contributed by atoms with van der Waals surface area (Å²) in [6, 6.07) is 5.89. The molecule has 3 aromatic rings. The minimum Gasteiger partial charge on any atom is -0.343 e. The molecule has 0 aliphatic carbocycles. The highest BCUT2D eigenvalue weighted by Gasteiger charge is 2.13. The average molecular weight is 308 g/mol. The minimum atomic E-state index is -0.413. The number of amides is 1. The van der Waals surface area contributed by atoms with E-state index in [1.807, 2.05) is 6.92 Å². The number of pyridine rings is 1. The summed E-state index contributed by atoms with van der Waals surface area (Å²) >= 11 is 0. The highest BCUT2D eigenvalue weighted by Crippen LogP contribution is 2.17. The van der Waals surface area contributed by atoms with Crippen LogP contribution < -0.4 is 5.32 Å². The van der Waals surface area contributed by atoms with Gasteiger partial charge >= 0.3 is 0 Å². The summed E-state index contributed by atoms with van der Waals surface area (Å²) in [5.41, 5.74) is 2.16. The fourth-order valence-corrected chi connectivity index (χ4v) is 2.12. The third-order valence-electron chi connectivity index (χ3n) is 3.20. The Labute approximate surface area is 132 Å². The minimum absolute atomic E-state index is 0.256. The van der Waals surface area contributed by atoms with Crippen LogP contribution in [0.3, 0.4) is 0 Å². The molecule has 0 fully saturated rings. The van der Waals surface area contributed by atoms with E-state index in [4.69, 9.17) is 0 Å². The molecule has 0 atom stereocenters. The smallest absolute Gasteiger partial charge is 0.257 e. The lowest BCUT2D eigenvalue weighted by Gasteiger charge is -2.07. The molecule has 23 heavy (non-hydrogen) atoms. The molecule has 3 rings (SSSR count). The molecule has 0 saturated carbocycles. The van der Waals surface area contributed by atoms with Gasteiger partial charge in [0.25, 0.3) is 5.91 Å². The molecular formula is C17H13FN4O. The number of nitrogens with zero attached hydrogens (tertiary/aromatic N) is 2. The summed E-state index contributed by atoms with van der Waals surface area (Å²) in [6.45, 7) is 1.88. The normalized spacial score (nSPS) is 10.2. The van der Waals surface area contributed by atoms with Gasteiger partial charge in [0.15, 0.2) is 5.65 Å². The van der Waals surface area contributed by atoms with Crippen molar-refractivity contribution in [2.45, 2.75) is 13.3 Å². The number of nitrogens with one attached hydrogen (secondary N) is 2. The molecule has 1 aromatic carbocycles. The number of anilines is 1. The molecular weight excluding hydrogens is 295 g/mol. The zero-order valence-corrected chi connectivity index (χ0v) is 12.4. The molecule has 1 amide bonds. The lowest BCUT2D eigenvalue weighted by Crippen LogP contribution is -2.13. The first-order chi connectivity index (χ1) is 11.2. The van der Waals surface area contributed by atoms with Gasteiger partial charge in [0.05, 0.1) is 23.0 Å². The van der Waals surface area contributed by atoms with E-state index in [2.05, 4.69) is 32.1 Å². The summed E-state index contributed by atoms with van der Waals surface area (Å²) in [5.74, 6) is 4.81. The molecule has 0 unspecified atom stereocenters. The van der Waals surface area contributed by atoms with Gasteiger partial charge in [-0.15, -0.1) is 0 Å². The molecule has 0 radical (unpaired) electrons. The molecule has 2 aromatic heterocycles. The molecule has 6 heteroatoms. The van der Waals surface area contributed by atoms with Gasteiger partial charge < -0.3 is 10.3 Å². The van der Waals surface area contributed by atoms with E-state index in [-0.39, 0.29) is 11.5 Å². The molecule has 2 N–H and O–H groups in total. The van der Waals surface area contributed by atoms with Crippen molar-refractivity contribution >= 4 is 22.8 Å². The van der Waals surface area contributed by atoms with E-state index in [9.17, 15) is 9.18 Å². The summed E-state index contributed by atoms with van der Waals surface area (Å²) in [6.07, 6.45) is 3.62. The zero-order chi connectivity index (χ0) is 16.2. The first kappa shape index (κ1) is 14.7. The predicted molar refractivity (Wildman–Crippen MR) is 85.4 cm³/mol. The molecule has 0 aliphatic rings. The Kier molecular flexibility index (Phi) is 4.02. The number of hydrogen-bond acceptors (Lipinski definition) is 3. The zero-order valence-electron chi connectivity index (χ0n) is 12.4. The SMILES string of the molecule is CCC#Cc1cc(NC(=O)c2ccnc3nc[nH]c23)ccc1F. The lowest BCUT2D eigenvalue weighted by atomic mass is 10.1. The highest BCUT2D eigenvalue weighted by molar-refractivity contribution is 6.10. The molecule has 114 valence electrons. The van der Waals surface area contributed by atoms with E-state index in [0.717, 1.165) is 0 Å². The van der Waals surface area contributed by atoms with Gasteiger partial charge in [0.2, 0.25) is 0 Å². The van der Waals surface area contributed by atoms with Crippen molar-refractivity contribution in [1.82, 2.24) is 15.0 Å². The Morgan fingerprint density at radius 2 is 2.22 bits per heavy atom. The van der Waals surface area contributed by atoms with Crippen LogP contribution in [0.1, 0.15) is 29.3 Å². The number of hydrogen-bond donors (Lipinski definition) is 2. The van der Waals surface area contributed by atoms with Crippen molar-refractivity contribution in [3.05, 3.63) is 53.7 Å². The van der Waals surface area contributed by atoms with Gasteiger partial charge in [-0.1, -0.05) is 18.8 Å². The third-order valence-corrected chi connectivity index (χ3v) is 3.20. The monoisotopic (exact) mass is 308 g/mol. The standard InChI is InChI=1S/C17H13FN4O/c1-2-3-4-11-9-12(5-6-14(11)18)22-17(23)13-7-8-19-16-15(13)20-10-21-16/h5-10H,2H2,1H3,(H,22,23)(H,19,20,21). The van der Waals surface area contributed by atoms with Crippen LogP contribution in [0.5, 0.6) is 0 Å². The Hall–Kier alpha value is -3.20. The average Bonchev–Trinajstić information content (AvgIpc) is 3.03. The van der Waals surface area contributed by atoms with Crippen molar-refractivity contribution in [2.75, 3.05) is 5.32 Å². The summed E-state index contributed by atoms with van der Waals surface area (Å²) in [5, 5.41) is 2.74. The van der Waals surface area contributed by atoms with Crippen molar-refractivity contribution in [3.8, 4) is 11.8 Å². The van der Waals surface area contributed by atoms with Crippen LogP contribution in [-0.2, 0) is 0 Å². The Bertz CT molecular complexity index is 936. The summed E-state index contributed by atoms with van der Waals surface area (Å²) < 4.78 is 13.7. The van der Waals surface area contributed by atoms with Crippen LogP contribution in [0.15, 0.2) is 36.8 Å². The Morgan fingerprint density at radius 3 is 3.04 bits per heavy atom. The summed E-state index contributed by atoms with van der Waals surface area (Å²) in [7, 11) is 0. The molecule has 5 nitrogen and oxygen atoms in total. The fourth-order valence-electron chi connectivity index (χ4n) is 2.12. The van der Waals surface area contributed by atoms with Gasteiger partial charge in [0.1, 0.15) is 5.82 Å². The number of halogens is 1. The van der Waals surface area contributed by atoms with Crippen LogP contribution in [0.4, 0.5) is 10.1 Å². The van der Waals surface area contributed by atoms with Crippen molar-refractivity contribution in [1.29, 1.82) is 0 Å². The lowest BCUT2D eigenvalue weighted by molar-refractivity contribution is 0.102. The van der Waals surface area contributed by atoms with Crippen LogP contribution >= 0.6 is 0 Å². The second-order valence-electron chi connectivity index (χ2n) is 4.76. The molecule has 2 heterocycles.